The summed E-state index contributed by atoms with van der Waals surface area (Å²) in [4.78, 5) is 11.9. The Morgan fingerprint density at radius 1 is 0.800 bits per heavy atom. The molecule has 0 saturated heterocycles. The van der Waals surface area contributed by atoms with Crippen molar-refractivity contribution in [2.45, 2.75) is 0 Å². The van der Waals surface area contributed by atoms with Gasteiger partial charge in [0.25, 0.3) is 5.91 Å². The monoisotopic (exact) mass is 306 g/mol. The van der Waals surface area contributed by atoms with Crippen molar-refractivity contribution in [3.63, 3.8) is 0 Å². The normalized spacial score (nSPS) is 9.90. The summed E-state index contributed by atoms with van der Waals surface area (Å²) in [6, 6.07) is 13.7. The average molecular weight is 307 g/mol. The number of hydrogen-bond acceptors (Lipinski definition) is 2. The molecule has 1 amide bonds. The standard InChI is InChI=1S/C15H12Cl2N2O/c1-10(11-2-6-13(16)7-3-11)18-19-15(20)12-4-8-14(17)9-5-12/h2-9,18H,1H2,(H,19,20). The van der Waals surface area contributed by atoms with Crippen LogP contribution in [0.25, 0.3) is 5.70 Å². The number of hydrazine groups is 1. The minimum atomic E-state index is -0.267. The molecule has 2 aromatic carbocycles. The predicted molar refractivity (Wildman–Crippen MR) is 82.5 cm³/mol. The minimum absolute atomic E-state index is 0.267. The van der Waals surface area contributed by atoms with Gasteiger partial charge in [-0.15, -0.1) is 0 Å². The van der Waals surface area contributed by atoms with Crippen LogP contribution in [-0.2, 0) is 0 Å². The van der Waals surface area contributed by atoms with Crippen molar-refractivity contribution in [1.82, 2.24) is 10.9 Å². The van der Waals surface area contributed by atoms with Gasteiger partial charge in [0.2, 0.25) is 0 Å². The highest BCUT2D eigenvalue weighted by Crippen LogP contribution is 2.14. The van der Waals surface area contributed by atoms with Gasteiger partial charge in [0, 0.05) is 15.6 Å². The Morgan fingerprint density at radius 3 is 1.75 bits per heavy atom. The van der Waals surface area contributed by atoms with E-state index in [9.17, 15) is 4.79 Å². The lowest BCUT2D eigenvalue weighted by Crippen LogP contribution is -2.35. The minimum Gasteiger partial charge on any atom is -0.298 e. The molecule has 0 fully saturated rings. The van der Waals surface area contributed by atoms with E-state index in [1.165, 1.54) is 0 Å². The SMILES string of the molecule is C=C(NNC(=O)c1ccc(Cl)cc1)c1ccc(Cl)cc1. The number of halogens is 2. The van der Waals surface area contributed by atoms with Gasteiger partial charge >= 0.3 is 0 Å². The maximum Gasteiger partial charge on any atom is 0.269 e. The summed E-state index contributed by atoms with van der Waals surface area (Å²) >= 11 is 11.6. The van der Waals surface area contributed by atoms with Gasteiger partial charge in [0.15, 0.2) is 0 Å². The molecule has 0 spiro atoms. The maximum atomic E-state index is 11.9. The van der Waals surface area contributed by atoms with Crippen LogP contribution in [0, 0.1) is 0 Å². The molecule has 102 valence electrons. The second kappa shape index (κ2) is 6.46. The topological polar surface area (TPSA) is 41.1 Å². The van der Waals surface area contributed by atoms with Crippen LogP contribution < -0.4 is 10.9 Å². The quantitative estimate of drug-likeness (QED) is 0.841. The molecule has 0 saturated carbocycles. The Labute approximate surface area is 127 Å². The Kier molecular flexibility index (Phi) is 4.66. The third-order valence-corrected chi connectivity index (χ3v) is 3.13. The lowest BCUT2D eigenvalue weighted by molar-refractivity contribution is 0.0942. The smallest absolute Gasteiger partial charge is 0.269 e. The van der Waals surface area contributed by atoms with Crippen molar-refractivity contribution < 1.29 is 4.79 Å². The zero-order chi connectivity index (χ0) is 14.5. The first-order valence-corrected chi connectivity index (χ1v) is 6.58. The summed E-state index contributed by atoms with van der Waals surface area (Å²) in [7, 11) is 0. The molecule has 0 atom stereocenters. The molecule has 2 rings (SSSR count). The van der Waals surface area contributed by atoms with Crippen molar-refractivity contribution in [2.24, 2.45) is 0 Å². The molecule has 3 nitrogen and oxygen atoms in total. The Bertz CT molecular complexity index is 564. The molecule has 2 N–H and O–H groups in total. The van der Waals surface area contributed by atoms with Crippen LogP contribution in [0.2, 0.25) is 10.0 Å². The summed E-state index contributed by atoms with van der Waals surface area (Å²) in [6.45, 7) is 3.84. The first kappa shape index (κ1) is 14.4. The third-order valence-electron chi connectivity index (χ3n) is 2.63. The Morgan fingerprint density at radius 2 is 1.25 bits per heavy atom. The number of benzene rings is 2. The third kappa shape index (κ3) is 3.76. The lowest BCUT2D eigenvalue weighted by Gasteiger charge is -2.11. The van der Waals surface area contributed by atoms with Gasteiger partial charge < -0.3 is 0 Å². The highest BCUT2D eigenvalue weighted by Gasteiger charge is 2.05. The van der Waals surface area contributed by atoms with Crippen molar-refractivity contribution in [2.75, 3.05) is 0 Å². The van der Waals surface area contributed by atoms with Gasteiger partial charge in [0.1, 0.15) is 0 Å². The van der Waals surface area contributed by atoms with Crippen LogP contribution in [0.4, 0.5) is 0 Å². The van der Waals surface area contributed by atoms with Gasteiger partial charge in [-0.2, -0.15) is 0 Å². The molecule has 2 aromatic rings. The zero-order valence-electron chi connectivity index (χ0n) is 10.5. The number of nitrogens with one attached hydrogen (secondary N) is 2. The number of carbonyl (C=O) groups is 1. The van der Waals surface area contributed by atoms with Crippen LogP contribution in [0.1, 0.15) is 15.9 Å². The van der Waals surface area contributed by atoms with E-state index in [1.807, 2.05) is 12.1 Å². The van der Waals surface area contributed by atoms with Crippen molar-refractivity contribution in [1.29, 1.82) is 0 Å². The van der Waals surface area contributed by atoms with Crippen LogP contribution >= 0.6 is 23.2 Å². The molecule has 0 unspecified atom stereocenters. The van der Waals surface area contributed by atoms with E-state index >= 15 is 0 Å². The summed E-state index contributed by atoms with van der Waals surface area (Å²) in [5.74, 6) is -0.267. The van der Waals surface area contributed by atoms with E-state index in [1.54, 1.807) is 36.4 Å². The first-order valence-electron chi connectivity index (χ1n) is 5.83. The number of hydrogen-bond donors (Lipinski definition) is 2. The summed E-state index contributed by atoms with van der Waals surface area (Å²) < 4.78 is 0. The fraction of sp³-hybridized carbons (Fsp3) is 0. The van der Waals surface area contributed by atoms with E-state index in [4.69, 9.17) is 23.2 Å². The van der Waals surface area contributed by atoms with E-state index in [0.29, 0.717) is 21.3 Å². The average Bonchev–Trinajstić information content (AvgIpc) is 2.46. The van der Waals surface area contributed by atoms with Crippen LogP contribution in [0.3, 0.4) is 0 Å². The molecule has 0 radical (unpaired) electrons. The first-order chi connectivity index (χ1) is 9.56. The molecule has 0 aliphatic heterocycles. The maximum absolute atomic E-state index is 11.9. The number of carbonyl (C=O) groups excluding carboxylic acids is 1. The molecule has 20 heavy (non-hydrogen) atoms. The van der Waals surface area contributed by atoms with Crippen LogP contribution in [0.15, 0.2) is 55.1 Å². The molecular formula is C15H12Cl2N2O. The molecular weight excluding hydrogens is 295 g/mol. The summed E-state index contributed by atoms with van der Waals surface area (Å²) in [5.41, 5.74) is 7.25. The number of amides is 1. The molecule has 0 aliphatic carbocycles. The summed E-state index contributed by atoms with van der Waals surface area (Å²) in [5, 5.41) is 1.23. The van der Waals surface area contributed by atoms with Gasteiger partial charge in [-0.05, 0) is 42.0 Å². The summed E-state index contributed by atoms with van der Waals surface area (Å²) in [6.07, 6.45) is 0. The largest absolute Gasteiger partial charge is 0.298 e. The molecule has 0 aromatic heterocycles. The second-order valence-electron chi connectivity index (χ2n) is 4.07. The molecule has 0 aliphatic rings. The second-order valence-corrected chi connectivity index (χ2v) is 4.94. The van der Waals surface area contributed by atoms with E-state index < -0.39 is 0 Å². The van der Waals surface area contributed by atoms with Gasteiger partial charge in [0.05, 0.1) is 5.70 Å². The van der Waals surface area contributed by atoms with Crippen molar-refractivity contribution in [3.8, 4) is 0 Å². The molecule has 5 heteroatoms. The lowest BCUT2D eigenvalue weighted by atomic mass is 10.2. The Balaban J connectivity index is 1.94. The van der Waals surface area contributed by atoms with Crippen LogP contribution in [-0.4, -0.2) is 5.91 Å². The van der Waals surface area contributed by atoms with Crippen LogP contribution in [0.5, 0.6) is 0 Å². The molecule has 0 bridgehead atoms. The predicted octanol–water partition coefficient (Wildman–Crippen LogP) is 3.90. The van der Waals surface area contributed by atoms with Crippen molar-refractivity contribution >= 4 is 34.8 Å². The van der Waals surface area contributed by atoms with Crippen molar-refractivity contribution in [3.05, 3.63) is 76.3 Å². The number of rotatable bonds is 4. The van der Waals surface area contributed by atoms with E-state index in [-0.39, 0.29) is 5.91 Å². The van der Waals surface area contributed by atoms with E-state index in [0.717, 1.165) is 5.56 Å². The van der Waals surface area contributed by atoms with Gasteiger partial charge in [-0.25, -0.2) is 0 Å². The highest BCUT2D eigenvalue weighted by molar-refractivity contribution is 6.30. The molecule has 0 heterocycles. The zero-order valence-corrected chi connectivity index (χ0v) is 12.0. The Hall–Kier alpha value is -1.97. The van der Waals surface area contributed by atoms with Gasteiger partial charge in [-0.3, -0.25) is 15.6 Å². The fourth-order valence-electron chi connectivity index (χ4n) is 1.53. The highest BCUT2D eigenvalue weighted by atomic mass is 35.5. The van der Waals surface area contributed by atoms with Gasteiger partial charge in [-0.1, -0.05) is 41.9 Å². The fourth-order valence-corrected chi connectivity index (χ4v) is 1.78. The van der Waals surface area contributed by atoms with E-state index in [2.05, 4.69) is 17.4 Å².